The van der Waals surface area contributed by atoms with E-state index < -0.39 is 10.0 Å². The van der Waals surface area contributed by atoms with Gasteiger partial charge in [-0.05, 0) is 43.2 Å². The van der Waals surface area contributed by atoms with E-state index >= 15 is 0 Å². The molecular formula is C17H20N2O3S. The zero-order chi connectivity index (χ0) is 17.0. The molecule has 0 aliphatic rings. The van der Waals surface area contributed by atoms with Gasteiger partial charge in [0.15, 0.2) is 0 Å². The van der Waals surface area contributed by atoms with Crippen molar-refractivity contribution >= 4 is 21.6 Å². The van der Waals surface area contributed by atoms with Crippen molar-refractivity contribution < 1.29 is 13.2 Å². The molecule has 0 fully saturated rings. The fraction of sp³-hybridized carbons (Fsp3) is 0.235. The molecule has 0 bridgehead atoms. The predicted molar refractivity (Wildman–Crippen MR) is 92.0 cm³/mol. The van der Waals surface area contributed by atoms with Crippen LogP contribution in [0.2, 0.25) is 0 Å². The summed E-state index contributed by atoms with van der Waals surface area (Å²) in [5.41, 5.74) is 2.67. The Morgan fingerprint density at radius 3 is 2.30 bits per heavy atom. The summed E-state index contributed by atoms with van der Waals surface area (Å²) in [6, 6.07) is 14.4. The van der Waals surface area contributed by atoms with Crippen LogP contribution in [0.4, 0.5) is 5.69 Å². The molecule has 0 heterocycles. The molecule has 5 nitrogen and oxygen atoms in total. The van der Waals surface area contributed by atoms with Crippen LogP contribution in [0.3, 0.4) is 0 Å². The highest BCUT2D eigenvalue weighted by Crippen LogP contribution is 2.19. The molecule has 0 aliphatic heterocycles. The smallest absolute Gasteiger partial charge is 0.251 e. The number of anilines is 1. The number of amides is 1. The van der Waals surface area contributed by atoms with Crippen molar-refractivity contribution in [3.63, 3.8) is 0 Å². The van der Waals surface area contributed by atoms with Gasteiger partial charge < -0.3 is 5.32 Å². The van der Waals surface area contributed by atoms with Crippen molar-refractivity contribution in [2.45, 2.75) is 19.9 Å². The molecule has 2 aromatic carbocycles. The largest absolute Gasteiger partial charge is 0.346 e. The Morgan fingerprint density at radius 2 is 1.74 bits per heavy atom. The van der Waals surface area contributed by atoms with Crippen LogP contribution in [0, 0.1) is 6.92 Å². The maximum Gasteiger partial charge on any atom is 0.251 e. The monoisotopic (exact) mass is 332 g/mol. The van der Waals surface area contributed by atoms with Gasteiger partial charge in [-0.3, -0.25) is 9.52 Å². The molecule has 0 aromatic heterocycles. The lowest BCUT2D eigenvalue weighted by Crippen LogP contribution is -2.26. The topological polar surface area (TPSA) is 75.3 Å². The number of carbonyl (C=O) groups is 1. The molecule has 0 radical (unpaired) electrons. The summed E-state index contributed by atoms with van der Waals surface area (Å²) in [5.74, 6) is -0.199. The van der Waals surface area contributed by atoms with Crippen molar-refractivity contribution in [2.75, 3.05) is 11.0 Å². The third-order valence-corrected chi connectivity index (χ3v) is 4.02. The normalized spacial score (nSPS) is 12.5. The van der Waals surface area contributed by atoms with Crippen molar-refractivity contribution in [1.82, 2.24) is 5.32 Å². The number of nitrogens with one attached hydrogen (secondary N) is 2. The van der Waals surface area contributed by atoms with Crippen LogP contribution in [0.25, 0.3) is 0 Å². The lowest BCUT2D eigenvalue weighted by Gasteiger charge is -2.15. The first-order chi connectivity index (χ1) is 10.8. The molecule has 1 amide bonds. The average Bonchev–Trinajstić information content (AvgIpc) is 2.48. The second-order valence-electron chi connectivity index (χ2n) is 5.51. The molecule has 0 saturated heterocycles. The highest BCUT2D eigenvalue weighted by atomic mass is 32.2. The first kappa shape index (κ1) is 17.0. The molecule has 0 spiro atoms. The summed E-state index contributed by atoms with van der Waals surface area (Å²) in [6.07, 6.45) is 1.09. The van der Waals surface area contributed by atoms with Crippen LogP contribution in [0.15, 0.2) is 48.5 Å². The van der Waals surface area contributed by atoms with Gasteiger partial charge in [0.25, 0.3) is 5.91 Å². The molecule has 2 N–H and O–H groups in total. The number of hydrogen-bond donors (Lipinski definition) is 2. The number of hydrogen-bond acceptors (Lipinski definition) is 3. The number of aryl methyl sites for hydroxylation is 1. The molecule has 122 valence electrons. The first-order valence-electron chi connectivity index (χ1n) is 7.20. The van der Waals surface area contributed by atoms with Crippen LogP contribution in [0.1, 0.15) is 34.5 Å². The van der Waals surface area contributed by atoms with E-state index in [1.54, 1.807) is 25.1 Å². The minimum atomic E-state index is -3.34. The molecule has 2 rings (SSSR count). The van der Waals surface area contributed by atoms with E-state index in [-0.39, 0.29) is 11.9 Å². The van der Waals surface area contributed by atoms with Crippen molar-refractivity contribution in [3.8, 4) is 0 Å². The van der Waals surface area contributed by atoms with Crippen molar-refractivity contribution in [1.29, 1.82) is 0 Å². The summed E-state index contributed by atoms with van der Waals surface area (Å²) >= 11 is 0. The van der Waals surface area contributed by atoms with Gasteiger partial charge in [-0.15, -0.1) is 0 Å². The highest BCUT2D eigenvalue weighted by molar-refractivity contribution is 7.92. The SMILES string of the molecule is Cc1cc(C(=O)NC(C)c2ccccc2)ccc1NS(C)(=O)=O. The van der Waals surface area contributed by atoms with Crippen LogP contribution in [0.5, 0.6) is 0 Å². The third kappa shape index (κ3) is 4.82. The Labute approximate surface area is 136 Å². The molecule has 2 aromatic rings. The zero-order valence-corrected chi connectivity index (χ0v) is 14.1. The van der Waals surface area contributed by atoms with Gasteiger partial charge >= 0.3 is 0 Å². The summed E-state index contributed by atoms with van der Waals surface area (Å²) in [4.78, 5) is 12.3. The Kier molecular flexibility index (Phi) is 5.05. The summed E-state index contributed by atoms with van der Waals surface area (Å²) < 4.78 is 25.0. The number of benzene rings is 2. The van der Waals surface area contributed by atoms with E-state index in [0.29, 0.717) is 16.8 Å². The number of rotatable bonds is 5. The predicted octanol–water partition coefficient (Wildman–Crippen LogP) is 2.86. The Bertz CT molecular complexity index is 802. The maximum absolute atomic E-state index is 12.3. The number of sulfonamides is 1. The van der Waals surface area contributed by atoms with Crippen molar-refractivity contribution in [2.24, 2.45) is 0 Å². The van der Waals surface area contributed by atoms with Gasteiger partial charge in [0.2, 0.25) is 10.0 Å². The Balaban J connectivity index is 2.13. The van der Waals surface area contributed by atoms with E-state index in [4.69, 9.17) is 0 Å². The minimum absolute atomic E-state index is 0.113. The van der Waals surface area contributed by atoms with Gasteiger partial charge in [0, 0.05) is 5.56 Å². The van der Waals surface area contributed by atoms with Gasteiger partial charge in [0.05, 0.1) is 18.0 Å². The summed E-state index contributed by atoms with van der Waals surface area (Å²) in [6.45, 7) is 3.67. The molecule has 1 atom stereocenters. The summed E-state index contributed by atoms with van der Waals surface area (Å²) in [7, 11) is -3.34. The lowest BCUT2D eigenvalue weighted by atomic mass is 10.1. The minimum Gasteiger partial charge on any atom is -0.346 e. The second kappa shape index (κ2) is 6.83. The van der Waals surface area contributed by atoms with Crippen molar-refractivity contribution in [3.05, 3.63) is 65.2 Å². The fourth-order valence-corrected chi connectivity index (χ4v) is 2.85. The van der Waals surface area contributed by atoms with Gasteiger partial charge in [-0.25, -0.2) is 8.42 Å². The van der Waals surface area contributed by atoms with Gasteiger partial charge in [0.1, 0.15) is 0 Å². The van der Waals surface area contributed by atoms with E-state index in [2.05, 4.69) is 10.0 Å². The average molecular weight is 332 g/mol. The Morgan fingerprint density at radius 1 is 1.09 bits per heavy atom. The first-order valence-corrected chi connectivity index (χ1v) is 9.09. The van der Waals surface area contributed by atoms with Gasteiger partial charge in [-0.2, -0.15) is 0 Å². The molecule has 1 unspecified atom stereocenters. The third-order valence-electron chi connectivity index (χ3n) is 3.43. The summed E-state index contributed by atoms with van der Waals surface area (Å²) in [5, 5.41) is 2.93. The van der Waals surface area contributed by atoms with Crippen LogP contribution in [-0.4, -0.2) is 20.6 Å². The molecule has 23 heavy (non-hydrogen) atoms. The van der Waals surface area contributed by atoms with Crippen LogP contribution < -0.4 is 10.0 Å². The standard InChI is InChI=1S/C17H20N2O3S/c1-12-11-15(9-10-16(12)19-23(3,21)22)17(20)18-13(2)14-7-5-4-6-8-14/h4-11,13,19H,1-3H3,(H,18,20). The molecular weight excluding hydrogens is 312 g/mol. The van der Waals surface area contributed by atoms with E-state index in [9.17, 15) is 13.2 Å². The lowest BCUT2D eigenvalue weighted by molar-refractivity contribution is 0.0940. The van der Waals surface area contributed by atoms with E-state index in [0.717, 1.165) is 11.8 Å². The number of carbonyl (C=O) groups excluding carboxylic acids is 1. The fourth-order valence-electron chi connectivity index (χ4n) is 2.22. The van der Waals surface area contributed by atoms with Gasteiger partial charge in [-0.1, -0.05) is 30.3 Å². The molecule has 6 heteroatoms. The quantitative estimate of drug-likeness (QED) is 0.884. The van der Waals surface area contributed by atoms with E-state index in [1.165, 1.54) is 0 Å². The molecule has 0 saturated carbocycles. The van der Waals surface area contributed by atoms with Crippen LogP contribution in [-0.2, 0) is 10.0 Å². The second-order valence-corrected chi connectivity index (χ2v) is 7.26. The zero-order valence-electron chi connectivity index (χ0n) is 13.3. The Hall–Kier alpha value is -2.34. The highest BCUT2D eigenvalue weighted by Gasteiger charge is 2.13. The maximum atomic E-state index is 12.3. The van der Waals surface area contributed by atoms with Crippen LogP contribution >= 0.6 is 0 Å². The van der Waals surface area contributed by atoms with E-state index in [1.807, 2.05) is 37.3 Å². The molecule has 0 aliphatic carbocycles.